The molecule has 0 saturated carbocycles. The molecule has 1 unspecified atom stereocenters. The summed E-state index contributed by atoms with van der Waals surface area (Å²) in [5.74, 6) is 0.354. The summed E-state index contributed by atoms with van der Waals surface area (Å²) in [5.41, 5.74) is 0.682. The number of anilines is 1. The van der Waals surface area contributed by atoms with Crippen LogP contribution in [-0.4, -0.2) is 24.5 Å². The molecule has 1 aliphatic heterocycles. The van der Waals surface area contributed by atoms with Crippen molar-refractivity contribution >= 4 is 28.8 Å². The third kappa shape index (κ3) is 3.05. The summed E-state index contributed by atoms with van der Waals surface area (Å²) in [6, 6.07) is 10.9. The molecule has 0 saturated heterocycles. The van der Waals surface area contributed by atoms with E-state index in [4.69, 9.17) is 4.74 Å². The molecule has 1 aliphatic rings. The number of nitrogens with one attached hydrogen (secondary N) is 2. The van der Waals surface area contributed by atoms with Crippen LogP contribution in [0.1, 0.15) is 16.1 Å². The van der Waals surface area contributed by atoms with E-state index in [9.17, 15) is 9.59 Å². The average molecular weight is 302 g/mol. The second-order valence-electron chi connectivity index (χ2n) is 4.61. The zero-order valence-electron chi connectivity index (χ0n) is 11.2. The normalized spacial score (nSPS) is 16.6. The van der Waals surface area contributed by atoms with Crippen molar-refractivity contribution in [1.82, 2.24) is 5.32 Å². The summed E-state index contributed by atoms with van der Waals surface area (Å²) in [6.07, 6.45) is -0.152. The minimum Gasteiger partial charge on any atom is -0.478 e. The van der Waals surface area contributed by atoms with Crippen molar-refractivity contribution in [2.24, 2.45) is 0 Å². The first kappa shape index (κ1) is 13.6. The Morgan fingerprint density at radius 1 is 1.29 bits per heavy atom. The number of rotatable bonds is 4. The third-order valence-corrected chi connectivity index (χ3v) is 4.01. The summed E-state index contributed by atoms with van der Waals surface area (Å²) in [7, 11) is 0. The van der Waals surface area contributed by atoms with Crippen LogP contribution in [0.2, 0.25) is 0 Å². The number of ether oxygens (including phenoxy) is 1. The molecule has 2 N–H and O–H groups in total. The van der Waals surface area contributed by atoms with Crippen LogP contribution in [0, 0.1) is 0 Å². The largest absolute Gasteiger partial charge is 0.478 e. The van der Waals surface area contributed by atoms with Gasteiger partial charge < -0.3 is 15.4 Å². The number of benzene rings is 1. The Morgan fingerprint density at radius 2 is 2.14 bits per heavy atom. The fourth-order valence-electron chi connectivity index (χ4n) is 2.09. The second-order valence-corrected chi connectivity index (χ2v) is 5.56. The Kier molecular flexibility index (Phi) is 3.87. The van der Waals surface area contributed by atoms with Crippen LogP contribution >= 0.6 is 11.3 Å². The quantitative estimate of drug-likeness (QED) is 0.910. The Labute approximate surface area is 125 Å². The fraction of sp³-hybridized carbons (Fsp3) is 0.200. The van der Waals surface area contributed by atoms with Gasteiger partial charge >= 0.3 is 0 Å². The molecule has 2 heterocycles. The molecule has 0 bridgehead atoms. The first-order chi connectivity index (χ1) is 10.2. The van der Waals surface area contributed by atoms with E-state index in [-0.39, 0.29) is 11.8 Å². The van der Waals surface area contributed by atoms with Crippen molar-refractivity contribution in [3.63, 3.8) is 0 Å². The van der Waals surface area contributed by atoms with Gasteiger partial charge in [0.25, 0.3) is 11.8 Å². The lowest BCUT2D eigenvalue weighted by Gasteiger charge is -2.25. The van der Waals surface area contributed by atoms with Gasteiger partial charge in [0.15, 0.2) is 6.10 Å². The maximum absolute atomic E-state index is 11.9. The SMILES string of the molecule is O=C(NCCC1Oc2ccccc2NC1=O)c1cccs1. The van der Waals surface area contributed by atoms with E-state index < -0.39 is 6.10 Å². The predicted octanol–water partition coefficient (Wildman–Crippen LogP) is 2.27. The number of thiophene rings is 1. The zero-order chi connectivity index (χ0) is 14.7. The molecular weight excluding hydrogens is 288 g/mol. The van der Waals surface area contributed by atoms with Gasteiger partial charge in [-0.3, -0.25) is 9.59 Å². The van der Waals surface area contributed by atoms with E-state index >= 15 is 0 Å². The smallest absolute Gasteiger partial charge is 0.265 e. The van der Waals surface area contributed by atoms with Crippen LogP contribution in [0.4, 0.5) is 5.69 Å². The maximum atomic E-state index is 11.9. The molecule has 21 heavy (non-hydrogen) atoms. The van der Waals surface area contributed by atoms with E-state index in [1.54, 1.807) is 12.1 Å². The second kappa shape index (κ2) is 5.97. The molecule has 108 valence electrons. The topological polar surface area (TPSA) is 67.4 Å². The molecule has 5 nitrogen and oxygen atoms in total. The molecule has 1 atom stereocenters. The summed E-state index contributed by atoms with van der Waals surface area (Å²) in [6.45, 7) is 0.386. The van der Waals surface area contributed by atoms with Crippen LogP contribution in [0.25, 0.3) is 0 Å². The van der Waals surface area contributed by atoms with Crippen molar-refractivity contribution < 1.29 is 14.3 Å². The number of amides is 2. The van der Waals surface area contributed by atoms with E-state index in [1.165, 1.54) is 11.3 Å². The Hall–Kier alpha value is -2.34. The van der Waals surface area contributed by atoms with Gasteiger partial charge in [0.05, 0.1) is 10.6 Å². The summed E-state index contributed by atoms with van der Waals surface area (Å²) >= 11 is 1.39. The fourth-order valence-corrected chi connectivity index (χ4v) is 2.73. The standard InChI is InChI=1S/C15H14N2O3S/c18-14-12(20-11-5-2-1-4-10(11)17-14)7-8-16-15(19)13-6-3-9-21-13/h1-6,9,12H,7-8H2,(H,16,19)(H,17,18). The number of hydrogen-bond donors (Lipinski definition) is 2. The van der Waals surface area contributed by atoms with E-state index in [1.807, 2.05) is 29.6 Å². The van der Waals surface area contributed by atoms with Crippen molar-refractivity contribution in [1.29, 1.82) is 0 Å². The highest BCUT2D eigenvalue weighted by Gasteiger charge is 2.26. The maximum Gasteiger partial charge on any atom is 0.265 e. The van der Waals surface area contributed by atoms with Gasteiger partial charge in [-0.25, -0.2) is 0 Å². The summed E-state index contributed by atoms with van der Waals surface area (Å²) < 4.78 is 5.66. The van der Waals surface area contributed by atoms with Gasteiger partial charge in [0, 0.05) is 13.0 Å². The van der Waals surface area contributed by atoms with Crippen LogP contribution in [-0.2, 0) is 4.79 Å². The van der Waals surface area contributed by atoms with Gasteiger partial charge in [0.1, 0.15) is 5.75 Å². The Morgan fingerprint density at radius 3 is 2.95 bits per heavy atom. The van der Waals surface area contributed by atoms with Crippen LogP contribution in [0.5, 0.6) is 5.75 Å². The van der Waals surface area contributed by atoms with Crippen molar-refractivity contribution in [2.75, 3.05) is 11.9 Å². The highest BCUT2D eigenvalue weighted by atomic mass is 32.1. The number of carbonyl (C=O) groups is 2. The highest BCUT2D eigenvalue weighted by Crippen LogP contribution is 2.29. The molecule has 0 fully saturated rings. The molecule has 0 spiro atoms. The highest BCUT2D eigenvalue weighted by molar-refractivity contribution is 7.12. The van der Waals surface area contributed by atoms with Crippen molar-refractivity contribution in [2.45, 2.75) is 12.5 Å². The van der Waals surface area contributed by atoms with Gasteiger partial charge in [0.2, 0.25) is 0 Å². The molecule has 6 heteroatoms. The molecule has 2 aromatic rings. The van der Waals surface area contributed by atoms with Gasteiger partial charge in [-0.15, -0.1) is 11.3 Å². The molecule has 1 aromatic carbocycles. The molecule has 0 aliphatic carbocycles. The van der Waals surface area contributed by atoms with Crippen LogP contribution in [0.15, 0.2) is 41.8 Å². The lowest BCUT2D eigenvalue weighted by atomic mass is 10.1. The van der Waals surface area contributed by atoms with Gasteiger partial charge in [-0.2, -0.15) is 0 Å². The van der Waals surface area contributed by atoms with E-state index in [2.05, 4.69) is 10.6 Å². The van der Waals surface area contributed by atoms with Crippen molar-refractivity contribution in [3.05, 3.63) is 46.7 Å². The zero-order valence-corrected chi connectivity index (χ0v) is 12.0. The van der Waals surface area contributed by atoms with Gasteiger partial charge in [-0.05, 0) is 23.6 Å². The van der Waals surface area contributed by atoms with Crippen LogP contribution in [0.3, 0.4) is 0 Å². The predicted molar refractivity (Wildman–Crippen MR) is 80.8 cm³/mol. The minimum atomic E-state index is -0.580. The molecule has 0 radical (unpaired) electrons. The number of hydrogen-bond acceptors (Lipinski definition) is 4. The molecule has 1 aromatic heterocycles. The molecule has 3 rings (SSSR count). The third-order valence-electron chi connectivity index (χ3n) is 3.14. The Bertz CT molecular complexity index is 655. The first-order valence-electron chi connectivity index (χ1n) is 6.62. The summed E-state index contributed by atoms with van der Waals surface area (Å²) in [5, 5.41) is 7.44. The average Bonchev–Trinajstić information content (AvgIpc) is 3.02. The van der Waals surface area contributed by atoms with Crippen LogP contribution < -0.4 is 15.4 Å². The number of para-hydroxylation sites is 2. The van der Waals surface area contributed by atoms with E-state index in [0.29, 0.717) is 29.3 Å². The first-order valence-corrected chi connectivity index (χ1v) is 7.50. The number of fused-ring (bicyclic) bond motifs is 1. The molecular formula is C15H14N2O3S. The van der Waals surface area contributed by atoms with Gasteiger partial charge in [-0.1, -0.05) is 18.2 Å². The Balaban J connectivity index is 1.54. The van der Waals surface area contributed by atoms with Crippen molar-refractivity contribution in [3.8, 4) is 5.75 Å². The lowest BCUT2D eigenvalue weighted by Crippen LogP contribution is -2.39. The number of carbonyl (C=O) groups excluding carboxylic acids is 2. The monoisotopic (exact) mass is 302 g/mol. The van der Waals surface area contributed by atoms with E-state index in [0.717, 1.165) is 0 Å². The minimum absolute atomic E-state index is 0.124. The molecule has 2 amide bonds. The summed E-state index contributed by atoms with van der Waals surface area (Å²) in [4.78, 5) is 24.4. The lowest BCUT2D eigenvalue weighted by molar-refractivity contribution is -0.123.